The number of nitrogens with one attached hydrogen (secondary N) is 1. The van der Waals surface area contributed by atoms with E-state index < -0.39 is 0 Å². The number of carbonyl (C=O) groups excluding carboxylic acids is 1. The summed E-state index contributed by atoms with van der Waals surface area (Å²) in [5.41, 5.74) is 2.33. The van der Waals surface area contributed by atoms with Gasteiger partial charge in [-0.25, -0.2) is 0 Å². The Kier molecular flexibility index (Phi) is 14.0. The Labute approximate surface area is 239 Å². The summed E-state index contributed by atoms with van der Waals surface area (Å²) >= 11 is 8.31. The van der Waals surface area contributed by atoms with Crippen molar-refractivity contribution in [3.63, 3.8) is 0 Å². The van der Waals surface area contributed by atoms with Gasteiger partial charge < -0.3 is 15.0 Å². The molecule has 0 aromatic heterocycles. The van der Waals surface area contributed by atoms with Gasteiger partial charge in [-0.2, -0.15) is 0 Å². The Bertz CT molecular complexity index is 1030. The Balaban J connectivity index is 1.34. The van der Waals surface area contributed by atoms with Gasteiger partial charge in [0.15, 0.2) is 0 Å². The van der Waals surface area contributed by atoms with Crippen molar-refractivity contribution in [3.05, 3.63) is 69.7 Å². The second-order valence-electron chi connectivity index (χ2n) is 10.3. The van der Waals surface area contributed by atoms with Crippen LogP contribution in [-0.4, -0.2) is 23.3 Å². The number of halogens is 1. The van der Waals surface area contributed by atoms with Gasteiger partial charge in [-0.1, -0.05) is 107 Å². The smallest absolute Gasteiger partial charge is 0.257 e. The molecule has 1 amide bonds. The van der Waals surface area contributed by atoms with E-state index in [4.69, 9.17) is 16.3 Å². The zero-order valence-electron chi connectivity index (χ0n) is 23.3. The molecule has 0 spiro atoms. The summed E-state index contributed by atoms with van der Waals surface area (Å²) in [6, 6.07) is 13.3. The summed E-state index contributed by atoms with van der Waals surface area (Å²) in [6.07, 6.45) is 18.0. The van der Waals surface area contributed by atoms with Crippen molar-refractivity contribution < 1.29 is 9.53 Å². The molecule has 1 aliphatic heterocycles. The van der Waals surface area contributed by atoms with Crippen molar-refractivity contribution in [2.75, 3.05) is 17.8 Å². The highest BCUT2D eigenvalue weighted by atomic mass is 35.5. The molecule has 0 aliphatic carbocycles. The lowest BCUT2D eigenvalue weighted by atomic mass is 10.1. The molecule has 0 unspecified atom stereocenters. The summed E-state index contributed by atoms with van der Waals surface area (Å²) < 4.78 is 5.90. The van der Waals surface area contributed by atoms with Crippen molar-refractivity contribution >= 4 is 35.0 Å². The van der Waals surface area contributed by atoms with Crippen molar-refractivity contribution in [1.29, 1.82) is 0 Å². The fourth-order valence-electron chi connectivity index (χ4n) is 4.70. The number of amides is 1. The minimum Gasteiger partial charge on any atom is -0.494 e. The summed E-state index contributed by atoms with van der Waals surface area (Å²) in [6.45, 7) is 5.81. The maximum absolute atomic E-state index is 13.0. The molecule has 0 fully saturated rings. The molecule has 0 bridgehead atoms. The molecule has 1 N–H and O–H groups in total. The van der Waals surface area contributed by atoms with Gasteiger partial charge in [0.05, 0.1) is 23.1 Å². The van der Waals surface area contributed by atoms with E-state index >= 15 is 0 Å². The molecule has 2 aromatic carbocycles. The van der Waals surface area contributed by atoms with Crippen LogP contribution < -0.4 is 10.1 Å². The average Bonchev–Trinajstić information content (AvgIpc) is 3.32. The number of hydrogen-bond donors (Lipinski definition) is 1. The van der Waals surface area contributed by atoms with E-state index in [1.807, 2.05) is 36.0 Å². The molecule has 3 rings (SSSR count). The Morgan fingerprint density at radius 2 is 1.61 bits per heavy atom. The quantitative estimate of drug-likeness (QED) is 0.185. The van der Waals surface area contributed by atoms with Gasteiger partial charge in [0.2, 0.25) is 0 Å². The van der Waals surface area contributed by atoms with Gasteiger partial charge in [0, 0.05) is 18.4 Å². The van der Waals surface area contributed by atoms with Crippen LogP contribution in [0.3, 0.4) is 0 Å². The summed E-state index contributed by atoms with van der Waals surface area (Å²) in [5.74, 6) is 1.43. The highest BCUT2D eigenvalue weighted by Crippen LogP contribution is 2.29. The van der Waals surface area contributed by atoms with Gasteiger partial charge in [-0.05, 0) is 48.1 Å². The molecule has 2 aromatic rings. The number of allylic oxidation sites excluding steroid dienone is 1. The summed E-state index contributed by atoms with van der Waals surface area (Å²) in [4.78, 5) is 16.6. The number of carbonyl (C=O) groups is 1. The van der Waals surface area contributed by atoms with Gasteiger partial charge in [0.1, 0.15) is 5.75 Å². The topological polar surface area (TPSA) is 41.6 Å². The molecule has 0 saturated carbocycles. The summed E-state index contributed by atoms with van der Waals surface area (Å²) in [5, 5.41) is 3.45. The van der Waals surface area contributed by atoms with Gasteiger partial charge in [0.25, 0.3) is 5.91 Å². The average molecular weight is 557 g/mol. The first-order chi connectivity index (χ1) is 18.6. The van der Waals surface area contributed by atoms with Gasteiger partial charge in [-0.15, -0.1) is 11.8 Å². The van der Waals surface area contributed by atoms with Crippen LogP contribution >= 0.6 is 23.4 Å². The molecule has 1 heterocycles. The number of thioether (sulfide) groups is 1. The zero-order valence-corrected chi connectivity index (χ0v) is 24.8. The van der Waals surface area contributed by atoms with Crippen LogP contribution in [0.15, 0.2) is 53.6 Å². The third-order valence-corrected chi connectivity index (χ3v) is 8.25. The predicted molar refractivity (Wildman–Crippen MR) is 164 cm³/mol. The molecule has 0 saturated heterocycles. The van der Waals surface area contributed by atoms with E-state index in [-0.39, 0.29) is 5.91 Å². The lowest BCUT2D eigenvalue weighted by Gasteiger charge is -2.18. The Hall–Kier alpha value is -2.11. The lowest BCUT2D eigenvalue weighted by Crippen LogP contribution is -2.17. The molecular weight excluding hydrogens is 512 g/mol. The molecule has 1 aliphatic rings. The van der Waals surface area contributed by atoms with E-state index in [2.05, 4.69) is 36.3 Å². The van der Waals surface area contributed by atoms with Crippen LogP contribution in [0.5, 0.6) is 5.75 Å². The maximum atomic E-state index is 13.0. The number of hydrogen-bond acceptors (Lipinski definition) is 4. The third-order valence-electron chi connectivity index (χ3n) is 6.91. The molecule has 0 radical (unpaired) electrons. The number of ether oxygens (including phenoxy) is 1. The highest BCUT2D eigenvalue weighted by molar-refractivity contribution is 8.03. The summed E-state index contributed by atoms with van der Waals surface area (Å²) in [7, 11) is 0. The monoisotopic (exact) mass is 556 g/mol. The van der Waals surface area contributed by atoms with E-state index in [0.717, 1.165) is 30.1 Å². The van der Waals surface area contributed by atoms with Crippen LogP contribution in [-0.2, 0) is 6.54 Å². The van der Waals surface area contributed by atoms with Crippen LogP contribution in [0.4, 0.5) is 5.69 Å². The maximum Gasteiger partial charge on any atom is 0.257 e. The third kappa shape index (κ3) is 10.9. The second-order valence-corrected chi connectivity index (χ2v) is 11.8. The number of unbranched alkanes of at least 4 members (excludes halogenated alkanes) is 11. The first-order valence-corrected chi connectivity index (χ1v) is 15.8. The fourth-order valence-corrected chi connectivity index (χ4v) is 5.71. The van der Waals surface area contributed by atoms with Crippen LogP contribution in [0, 0.1) is 0 Å². The molecule has 38 heavy (non-hydrogen) atoms. The van der Waals surface area contributed by atoms with Gasteiger partial charge in [-0.3, -0.25) is 4.79 Å². The lowest BCUT2D eigenvalue weighted by molar-refractivity contribution is 0.102. The first-order valence-electron chi connectivity index (χ1n) is 14.4. The van der Waals surface area contributed by atoms with E-state index in [1.165, 1.54) is 75.5 Å². The number of anilines is 1. The predicted octanol–water partition coefficient (Wildman–Crippen LogP) is 10.0. The van der Waals surface area contributed by atoms with Crippen LogP contribution in [0.25, 0.3) is 0 Å². The number of benzene rings is 2. The van der Waals surface area contributed by atoms with E-state index in [1.54, 1.807) is 12.1 Å². The number of rotatable bonds is 18. The molecular formula is C32H45ClN2O2S. The van der Waals surface area contributed by atoms with E-state index in [9.17, 15) is 4.79 Å². The standard InChI is InChI=1S/C32H45ClN2O2S/c1-3-4-5-6-7-8-9-10-11-12-13-16-21-37-28-19-20-29(30(33)22-28)32(36)34-31-18-15-14-17-27(31)24-35-23-26(2)38-25-35/h14-15,17-20,22-23H,3-13,16,21,24-25H2,1-2H3,(H,34,36). The largest absolute Gasteiger partial charge is 0.494 e. The Morgan fingerprint density at radius 3 is 2.24 bits per heavy atom. The van der Waals surface area contributed by atoms with Crippen molar-refractivity contribution in [2.24, 2.45) is 0 Å². The second kappa shape index (κ2) is 17.5. The Morgan fingerprint density at radius 1 is 0.947 bits per heavy atom. The minimum absolute atomic E-state index is 0.211. The normalized spacial score (nSPS) is 13.0. The number of para-hydroxylation sites is 1. The SMILES string of the molecule is CCCCCCCCCCCCCCOc1ccc(C(=O)Nc2ccccc2CN2C=C(C)SC2)c(Cl)c1. The minimum atomic E-state index is -0.211. The fraction of sp³-hybridized carbons (Fsp3) is 0.531. The van der Waals surface area contributed by atoms with Crippen molar-refractivity contribution in [3.8, 4) is 5.75 Å². The molecule has 6 heteroatoms. The molecule has 4 nitrogen and oxygen atoms in total. The first kappa shape index (κ1) is 30.4. The molecule has 0 atom stereocenters. The van der Waals surface area contributed by atoms with Crippen LogP contribution in [0.1, 0.15) is 107 Å². The zero-order chi connectivity index (χ0) is 27.0. The van der Waals surface area contributed by atoms with E-state index in [0.29, 0.717) is 22.9 Å². The molecule has 208 valence electrons. The highest BCUT2D eigenvalue weighted by Gasteiger charge is 2.16. The van der Waals surface area contributed by atoms with Crippen molar-refractivity contribution in [2.45, 2.75) is 97.4 Å². The van der Waals surface area contributed by atoms with Crippen molar-refractivity contribution in [1.82, 2.24) is 4.90 Å². The van der Waals surface area contributed by atoms with Crippen LogP contribution in [0.2, 0.25) is 5.02 Å². The van der Waals surface area contributed by atoms with Gasteiger partial charge >= 0.3 is 0 Å². The number of nitrogens with zero attached hydrogens (tertiary/aromatic N) is 1.